The van der Waals surface area contributed by atoms with Crippen LogP contribution >= 0.6 is 11.6 Å². The number of esters is 1. The van der Waals surface area contributed by atoms with Gasteiger partial charge in [-0.2, -0.15) is 0 Å². The van der Waals surface area contributed by atoms with Crippen molar-refractivity contribution in [2.45, 2.75) is 11.4 Å². The summed E-state index contributed by atoms with van der Waals surface area (Å²) in [6.45, 7) is -0.635. The summed E-state index contributed by atoms with van der Waals surface area (Å²) in [6, 6.07) is 11.7. The summed E-state index contributed by atoms with van der Waals surface area (Å²) in [5, 5.41) is 2.39. The summed E-state index contributed by atoms with van der Waals surface area (Å²) in [7, 11) is -3.81. The Kier molecular flexibility index (Phi) is 7.06. The molecular weight excluding hydrogens is 451 g/mol. The molecule has 2 aromatic carbocycles. The molecule has 0 unspecified atom stereocenters. The molecule has 0 spiro atoms. The van der Waals surface area contributed by atoms with Crippen LogP contribution in [-0.2, 0) is 26.1 Å². The first-order valence-corrected chi connectivity index (χ1v) is 10.6. The third kappa shape index (κ3) is 6.14. The van der Waals surface area contributed by atoms with Gasteiger partial charge in [0.2, 0.25) is 10.0 Å². The lowest BCUT2D eigenvalue weighted by molar-refractivity contribution is -0.119. The molecule has 1 heterocycles. The maximum Gasteiger partial charge on any atom is 0.338 e. The molecule has 0 bridgehead atoms. The van der Waals surface area contributed by atoms with Crippen LogP contribution in [0.25, 0.3) is 0 Å². The minimum atomic E-state index is -3.81. The van der Waals surface area contributed by atoms with Gasteiger partial charge in [-0.25, -0.2) is 22.3 Å². The Morgan fingerprint density at radius 2 is 1.84 bits per heavy atom. The lowest BCUT2D eigenvalue weighted by Crippen LogP contribution is -2.23. The van der Waals surface area contributed by atoms with Crippen LogP contribution in [0.2, 0.25) is 5.02 Å². The van der Waals surface area contributed by atoms with Gasteiger partial charge in [0.05, 0.1) is 34.0 Å². The van der Waals surface area contributed by atoms with Gasteiger partial charge in [0.15, 0.2) is 6.61 Å². The number of carbonyl (C=O) groups excluding carboxylic acids is 2. The van der Waals surface area contributed by atoms with Crippen molar-refractivity contribution in [1.82, 2.24) is 4.72 Å². The Bertz CT molecular complexity index is 1180. The molecule has 0 aliphatic rings. The van der Waals surface area contributed by atoms with E-state index in [1.54, 1.807) is 12.1 Å². The number of rotatable bonds is 8. The first-order chi connectivity index (χ1) is 14.7. The average Bonchev–Trinajstić information content (AvgIpc) is 3.26. The van der Waals surface area contributed by atoms with Crippen molar-refractivity contribution in [3.8, 4) is 0 Å². The molecule has 0 aliphatic heterocycles. The number of anilines is 1. The third-order valence-corrected chi connectivity index (χ3v) is 5.69. The van der Waals surface area contributed by atoms with Gasteiger partial charge in [0.1, 0.15) is 11.6 Å². The summed E-state index contributed by atoms with van der Waals surface area (Å²) in [5.74, 6) is -1.61. The molecule has 0 fully saturated rings. The molecule has 2 N–H and O–H groups in total. The first-order valence-electron chi connectivity index (χ1n) is 8.79. The van der Waals surface area contributed by atoms with Crippen LogP contribution < -0.4 is 10.0 Å². The van der Waals surface area contributed by atoms with E-state index >= 15 is 0 Å². The monoisotopic (exact) mass is 466 g/mol. The SMILES string of the molecule is O=C(COC(=O)c1ccc(S(=O)(=O)NCc2ccco2)cc1)Nc1ccc(F)cc1Cl. The molecule has 3 aromatic rings. The molecule has 1 aromatic heterocycles. The predicted molar refractivity (Wildman–Crippen MR) is 109 cm³/mol. The number of nitrogens with one attached hydrogen (secondary N) is 2. The van der Waals surface area contributed by atoms with Crippen LogP contribution in [0.15, 0.2) is 70.2 Å². The van der Waals surface area contributed by atoms with Crippen LogP contribution in [0.5, 0.6) is 0 Å². The molecule has 0 atom stereocenters. The van der Waals surface area contributed by atoms with E-state index in [2.05, 4.69) is 10.0 Å². The van der Waals surface area contributed by atoms with Gasteiger partial charge in [0.25, 0.3) is 5.91 Å². The zero-order valence-corrected chi connectivity index (χ0v) is 17.4. The normalized spacial score (nSPS) is 11.2. The summed E-state index contributed by atoms with van der Waals surface area (Å²) in [6.07, 6.45) is 1.43. The van der Waals surface area contributed by atoms with Gasteiger partial charge in [-0.1, -0.05) is 11.6 Å². The van der Waals surface area contributed by atoms with E-state index < -0.39 is 34.3 Å². The van der Waals surface area contributed by atoms with Crippen LogP contribution in [0.1, 0.15) is 16.1 Å². The zero-order valence-electron chi connectivity index (χ0n) is 15.8. The van der Waals surface area contributed by atoms with Crippen molar-refractivity contribution in [3.05, 3.63) is 83.0 Å². The summed E-state index contributed by atoms with van der Waals surface area (Å²) in [5.41, 5.74) is 0.221. The molecule has 31 heavy (non-hydrogen) atoms. The van der Waals surface area contributed by atoms with E-state index in [0.29, 0.717) is 5.76 Å². The number of amides is 1. The van der Waals surface area contributed by atoms with E-state index in [9.17, 15) is 22.4 Å². The number of benzene rings is 2. The first kappa shape index (κ1) is 22.5. The molecule has 8 nitrogen and oxygen atoms in total. The Balaban J connectivity index is 1.54. The van der Waals surface area contributed by atoms with Crippen LogP contribution in [0.3, 0.4) is 0 Å². The van der Waals surface area contributed by atoms with Crippen molar-refractivity contribution in [2.24, 2.45) is 0 Å². The zero-order chi connectivity index (χ0) is 22.4. The number of ether oxygens (including phenoxy) is 1. The summed E-state index contributed by atoms with van der Waals surface area (Å²) >= 11 is 5.81. The minimum Gasteiger partial charge on any atom is -0.468 e. The number of halogens is 2. The summed E-state index contributed by atoms with van der Waals surface area (Å²) < 4.78 is 49.9. The average molecular weight is 467 g/mol. The van der Waals surface area contributed by atoms with E-state index in [1.165, 1.54) is 36.6 Å². The number of sulfonamides is 1. The maximum atomic E-state index is 13.0. The molecule has 0 radical (unpaired) electrons. The Morgan fingerprint density at radius 1 is 1.10 bits per heavy atom. The quantitative estimate of drug-likeness (QED) is 0.492. The molecule has 0 saturated carbocycles. The van der Waals surface area contributed by atoms with Crippen LogP contribution in [0.4, 0.5) is 10.1 Å². The van der Waals surface area contributed by atoms with Gasteiger partial charge in [-0.15, -0.1) is 0 Å². The second-order valence-corrected chi connectivity index (χ2v) is 8.35. The third-order valence-electron chi connectivity index (χ3n) is 3.96. The van der Waals surface area contributed by atoms with Crippen molar-refractivity contribution in [3.63, 3.8) is 0 Å². The Hall–Kier alpha value is -3.21. The molecule has 11 heteroatoms. The van der Waals surface area contributed by atoms with E-state index in [0.717, 1.165) is 12.1 Å². The van der Waals surface area contributed by atoms with Crippen molar-refractivity contribution >= 4 is 39.2 Å². The largest absolute Gasteiger partial charge is 0.468 e. The molecule has 1 amide bonds. The van der Waals surface area contributed by atoms with Crippen molar-refractivity contribution < 1.29 is 31.6 Å². The highest BCUT2D eigenvalue weighted by Gasteiger charge is 2.17. The number of hydrogen-bond acceptors (Lipinski definition) is 6. The predicted octanol–water partition coefficient (Wildman–Crippen LogP) is 3.35. The lowest BCUT2D eigenvalue weighted by Gasteiger charge is -2.09. The number of carbonyl (C=O) groups is 2. The fourth-order valence-electron chi connectivity index (χ4n) is 2.42. The molecule has 0 saturated heterocycles. The van der Waals surface area contributed by atoms with Crippen molar-refractivity contribution in [1.29, 1.82) is 0 Å². The highest BCUT2D eigenvalue weighted by molar-refractivity contribution is 7.89. The van der Waals surface area contributed by atoms with Gasteiger partial charge < -0.3 is 14.5 Å². The smallest absolute Gasteiger partial charge is 0.338 e. The van der Waals surface area contributed by atoms with Gasteiger partial charge in [-0.3, -0.25) is 4.79 Å². The van der Waals surface area contributed by atoms with Crippen LogP contribution in [-0.4, -0.2) is 26.9 Å². The van der Waals surface area contributed by atoms with Gasteiger partial charge >= 0.3 is 5.97 Å². The number of furan rings is 1. The lowest BCUT2D eigenvalue weighted by atomic mass is 10.2. The highest BCUT2D eigenvalue weighted by atomic mass is 35.5. The fourth-order valence-corrected chi connectivity index (χ4v) is 3.63. The standard InChI is InChI=1S/C20H16ClFN2O6S/c21-17-10-14(22)5-8-18(17)24-19(25)12-30-20(26)13-3-6-16(7-4-13)31(27,28)23-11-15-2-1-9-29-15/h1-10,23H,11-12H2,(H,24,25). The Morgan fingerprint density at radius 3 is 2.48 bits per heavy atom. The maximum absolute atomic E-state index is 13.0. The number of hydrogen-bond donors (Lipinski definition) is 2. The van der Waals surface area contributed by atoms with E-state index in [-0.39, 0.29) is 27.7 Å². The van der Waals surface area contributed by atoms with Crippen LogP contribution in [0, 0.1) is 5.82 Å². The molecule has 3 rings (SSSR count). The van der Waals surface area contributed by atoms with Crippen molar-refractivity contribution in [2.75, 3.05) is 11.9 Å². The Labute approximate surface area is 182 Å². The van der Waals surface area contributed by atoms with Gasteiger partial charge in [0, 0.05) is 0 Å². The van der Waals surface area contributed by atoms with E-state index in [4.69, 9.17) is 20.8 Å². The van der Waals surface area contributed by atoms with E-state index in [1.807, 2.05) is 0 Å². The topological polar surface area (TPSA) is 115 Å². The summed E-state index contributed by atoms with van der Waals surface area (Å²) in [4.78, 5) is 23.9. The van der Waals surface area contributed by atoms with Gasteiger partial charge in [-0.05, 0) is 54.6 Å². The second kappa shape index (κ2) is 9.73. The molecule has 0 aliphatic carbocycles. The molecular formula is C20H16ClFN2O6S. The highest BCUT2D eigenvalue weighted by Crippen LogP contribution is 2.22. The second-order valence-electron chi connectivity index (χ2n) is 6.18. The minimum absolute atomic E-state index is 0.00266. The fraction of sp³-hybridized carbons (Fsp3) is 0.100. The molecule has 162 valence electrons.